The molecule has 1 amide bonds. The Hall–Kier alpha value is -3.12. The van der Waals surface area contributed by atoms with Gasteiger partial charge in [-0.25, -0.2) is 4.68 Å². The van der Waals surface area contributed by atoms with E-state index in [0.29, 0.717) is 19.0 Å². The SMILES string of the molecule is COc1ccccc1-n1nc(CN(CC(C)C)C(=O)C(C)(C)C)c2c1CCN(Cc1ccccc1)C2. The molecule has 6 nitrogen and oxygen atoms in total. The Morgan fingerprint density at radius 2 is 1.78 bits per heavy atom. The van der Waals surface area contributed by atoms with Crippen molar-refractivity contribution in [1.29, 1.82) is 0 Å². The summed E-state index contributed by atoms with van der Waals surface area (Å²) in [4.78, 5) is 17.9. The number of hydrogen-bond donors (Lipinski definition) is 0. The average molecular weight is 489 g/mol. The molecule has 36 heavy (non-hydrogen) atoms. The maximum absolute atomic E-state index is 13.4. The lowest BCUT2D eigenvalue weighted by Crippen LogP contribution is -2.41. The van der Waals surface area contributed by atoms with Crippen LogP contribution in [0, 0.1) is 11.3 Å². The quantitative estimate of drug-likeness (QED) is 0.422. The van der Waals surface area contributed by atoms with Gasteiger partial charge >= 0.3 is 0 Å². The maximum atomic E-state index is 13.4. The molecule has 1 aliphatic rings. The van der Waals surface area contributed by atoms with Crippen LogP contribution in [0.2, 0.25) is 0 Å². The summed E-state index contributed by atoms with van der Waals surface area (Å²) in [6.45, 7) is 14.2. The Kier molecular flexibility index (Phi) is 7.84. The second-order valence-corrected chi connectivity index (χ2v) is 11.2. The first-order valence-electron chi connectivity index (χ1n) is 13.0. The van der Waals surface area contributed by atoms with Crippen molar-refractivity contribution in [2.75, 3.05) is 20.2 Å². The summed E-state index contributed by atoms with van der Waals surface area (Å²) in [6, 6.07) is 18.6. The summed E-state index contributed by atoms with van der Waals surface area (Å²) >= 11 is 0. The third-order valence-corrected chi connectivity index (χ3v) is 6.64. The fraction of sp³-hybridized carbons (Fsp3) is 0.467. The van der Waals surface area contributed by atoms with Crippen molar-refractivity contribution in [2.24, 2.45) is 11.3 Å². The van der Waals surface area contributed by atoms with Gasteiger partial charge in [0.2, 0.25) is 5.91 Å². The van der Waals surface area contributed by atoms with Crippen LogP contribution in [0.3, 0.4) is 0 Å². The van der Waals surface area contributed by atoms with Crippen LogP contribution >= 0.6 is 0 Å². The second-order valence-electron chi connectivity index (χ2n) is 11.2. The van der Waals surface area contributed by atoms with Crippen LogP contribution in [-0.2, 0) is 30.8 Å². The zero-order chi connectivity index (χ0) is 25.9. The van der Waals surface area contributed by atoms with Gasteiger partial charge in [0.05, 0.1) is 25.0 Å². The molecule has 3 aromatic rings. The van der Waals surface area contributed by atoms with Gasteiger partial charge in [-0.3, -0.25) is 9.69 Å². The predicted octanol–water partition coefficient (Wildman–Crippen LogP) is 5.47. The van der Waals surface area contributed by atoms with Gasteiger partial charge in [-0.05, 0) is 23.6 Å². The van der Waals surface area contributed by atoms with Gasteiger partial charge in [0.1, 0.15) is 11.4 Å². The topological polar surface area (TPSA) is 50.6 Å². The number of ether oxygens (including phenoxy) is 1. The number of carbonyl (C=O) groups is 1. The zero-order valence-corrected chi connectivity index (χ0v) is 22.6. The highest BCUT2D eigenvalue weighted by Crippen LogP contribution is 2.31. The molecule has 0 saturated carbocycles. The predicted molar refractivity (Wildman–Crippen MR) is 144 cm³/mol. The molecule has 0 N–H and O–H groups in total. The summed E-state index contributed by atoms with van der Waals surface area (Å²) in [6.07, 6.45) is 0.893. The van der Waals surface area contributed by atoms with E-state index < -0.39 is 5.41 Å². The first kappa shape index (κ1) is 26.0. The molecule has 0 bridgehead atoms. The van der Waals surface area contributed by atoms with Gasteiger partial charge in [-0.15, -0.1) is 0 Å². The van der Waals surface area contributed by atoms with Crippen LogP contribution < -0.4 is 4.74 Å². The molecule has 1 aliphatic heterocycles. The number of amides is 1. The smallest absolute Gasteiger partial charge is 0.228 e. The van der Waals surface area contributed by atoms with Crippen molar-refractivity contribution in [3.63, 3.8) is 0 Å². The van der Waals surface area contributed by atoms with Crippen molar-refractivity contribution >= 4 is 5.91 Å². The van der Waals surface area contributed by atoms with Crippen LogP contribution in [0.5, 0.6) is 5.75 Å². The standard InChI is InChI=1S/C30H40N4O2/c1-22(2)18-33(29(35)30(3,4)5)21-25-24-20-32(19-23-12-8-7-9-13-23)17-16-26(24)34(31-25)27-14-10-11-15-28(27)36-6/h7-15,22H,16-21H2,1-6H3. The van der Waals surface area contributed by atoms with Crippen LogP contribution in [0.15, 0.2) is 54.6 Å². The van der Waals surface area contributed by atoms with E-state index in [1.165, 1.54) is 16.8 Å². The molecular weight excluding hydrogens is 448 g/mol. The zero-order valence-electron chi connectivity index (χ0n) is 22.6. The maximum Gasteiger partial charge on any atom is 0.228 e. The molecule has 1 aromatic heterocycles. The summed E-state index contributed by atoms with van der Waals surface area (Å²) in [5.41, 5.74) is 5.23. The lowest BCUT2D eigenvalue weighted by atomic mass is 9.94. The fourth-order valence-electron chi connectivity index (χ4n) is 4.96. The molecule has 192 valence electrons. The molecule has 0 spiro atoms. The lowest BCUT2D eigenvalue weighted by molar-refractivity contribution is -0.140. The molecule has 0 saturated heterocycles. The van der Waals surface area contributed by atoms with E-state index in [4.69, 9.17) is 9.84 Å². The second kappa shape index (κ2) is 10.9. The number of benzene rings is 2. The van der Waals surface area contributed by atoms with Gasteiger partial charge in [-0.2, -0.15) is 5.10 Å². The number of carbonyl (C=O) groups excluding carboxylic acids is 1. The van der Waals surface area contributed by atoms with Crippen LogP contribution in [-0.4, -0.2) is 45.7 Å². The Labute approximate surface area is 215 Å². The van der Waals surface area contributed by atoms with Crippen molar-refractivity contribution in [3.8, 4) is 11.4 Å². The van der Waals surface area contributed by atoms with Gasteiger partial charge < -0.3 is 9.64 Å². The minimum absolute atomic E-state index is 0.161. The van der Waals surface area contributed by atoms with Gasteiger partial charge in [-0.1, -0.05) is 77.1 Å². The molecule has 2 heterocycles. The minimum atomic E-state index is -0.445. The Balaban J connectivity index is 1.73. The van der Waals surface area contributed by atoms with E-state index in [-0.39, 0.29) is 5.91 Å². The van der Waals surface area contributed by atoms with Crippen LogP contribution in [0.4, 0.5) is 0 Å². The highest BCUT2D eigenvalue weighted by molar-refractivity contribution is 5.81. The molecule has 0 unspecified atom stereocenters. The molecule has 2 aromatic carbocycles. The first-order valence-corrected chi connectivity index (χ1v) is 13.0. The number of nitrogens with zero attached hydrogens (tertiary/aromatic N) is 4. The summed E-state index contributed by atoms with van der Waals surface area (Å²) < 4.78 is 7.74. The normalized spacial score (nSPS) is 14.1. The first-order chi connectivity index (χ1) is 17.2. The monoisotopic (exact) mass is 488 g/mol. The van der Waals surface area contributed by atoms with Crippen LogP contribution in [0.25, 0.3) is 5.69 Å². The molecule has 0 fully saturated rings. The highest BCUT2D eigenvalue weighted by Gasteiger charge is 2.32. The Morgan fingerprint density at radius 1 is 1.08 bits per heavy atom. The molecule has 0 radical (unpaired) electrons. The molecular formula is C30H40N4O2. The largest absolute Gasteiger partial charge is 0.494 e. The van der Waals surface area contributed by atoms with Gasteiger partial charge in [0, 0.05) is 43.6 Å². The highest BCUT2D eigenvalue weighted by atomic mass is 16.5. The number of para-hydroxylation sites is 2. The number of methoxy groups -OCH3 is 1. The van der Waals surface area contributed by atoms with E-state index in [1.54, 1.807) is 7.11 Å². The third-order valence-electron chi connectivity index (χ3n) is 6.64. The molecule has 4 rings (SSSR count). The van der Waals surface area contributed by atoms with Crippen molar-refractivity contribution in [3.05, 3.63) is 77.1 Å². The van der Waals surface area contributed by atoms with Crippen molar-refractivity contribution in [1.82, 2.24) is 19.6 Å². The third kappa shape index (κ3) is 5.81. The van der Waals surface area contributed by atoms with E-state index >= 15 is 0 Å². The van der Waals surface area contributed by atoms with E-state index in [2.05, 4.69) is 59.8 Å². The van der Waals surface area contributed by atoms with E-state index in [1.807, 2.05) is 43.9 Å². The van der Waals surface area contributed by atoms with Gasteiger partial charge in [0.25, 0.3) is 0 Å². The Morgan fingerprint density at radius 3 is 2.44 bits per heavy atom. The van der Waals surface area contributed by atoms with Crippen LogP contribution in [0.1, 0.15) is 57.1 Å². The summed E-state index contributed by atoms with van der Waals surface area (Å²) in [5.74, 6) is 1.33. The Bertz CT molecular complexity index is 1180. The van der Waals surface area contributed by atoms with E-state index in [9.17, 15) is 4.79 Å². The number of rotatable bonds is 8. The molecule has 6 heteroatoms. The summed E-state index contributed by atoms with van der Waals surface area (Å²) in [7, 11) is 1.70. The number of fused-ring (bicyclic) bond motifs is 1. The average Bonchev–Trinajstić information content (AvgIpc) is 3.20. The lowest BCUT2D eigenvalue weighted by Gasteiger charge is -2.31. The number of hydrogen-bond acceptors (Lipinski definition) is 4. The number of aromatic nitrogens is 2. The van der Waals surface area contributed by atoms with E-state index in [0.717, 1.165) is 43.2 Å². The molecule has 0 atom stereocenters. The van der Waals surface area contributed by atoms with Gasteiger partial charge in [0.15, 0.2) is 0 Å². The minimum Gasteiger partial charge on any atom is -0.494 e. The van der Waals surface area contributed by atoms with Crippen molar-refractivity contribution < 1.29 is 9.53 Å². The fourth-order valence-corrected chi connectivity index (χ4v) is 4.96. The summed E-state index contributed by atoms with van der Waals surface area (Å²) in [5, 5.41) is 5.14. The molecule has 0 aliphatic carbocycles. The van der Waals surface area contributed by atoms with Crippen molar-refractivity contribution in [2.45, 2.75) is 60.7 Å².